The summed E-state index contributed by atoms with van der Waals surface area (Å²) in [5.74, 6) is 2.01. The third-order valence-electron chi connectivity index (χ3n) is 6.91. The maximum atomic E-state index is 13.0. The van der Waals surface area contributed by atoms with Gasteiger partial charge in [0.2, 0.25) is 5.91 Å². The maximum Gasteiger partial charge on any atom is 0.275 e. The van der Waals surface area contributed by atoms with Gasteiger partial charge in [-0.15, -0.1) is 5.10 Å². The fourth-order valence-electron chi connectivity index (χ4n) is 5.25. The first-order chi connectivity index (χ1) is 15.1. The van der Waals surface area contributed by atoms with Crippen molar-refractivity contribution in [1.82, 2.24) is 24.5 Å². The zero-order chi connectivity index (χ0) is 21.4. The van der Waals surface area contributed by atoms with Crippen LogP contribution in [0.1, 0.15) is 85.0 Å². The summed E-state index contributed by atoms with van der Waals surface area (Å²) in [4.78, 5) is 39.3. The lowest BCUT2D eigenvalue weighted by molar-refractivity contribution is -0.119. The van der Waals surface area contributed by atoms with Crippen LogP contribution in [0.25, 0.3) is 0 Å². The molecular weight excluding hydrogens is 412 g/mol. The summed E-state index contributed by atoms with van der Waals surface area (Å²) in [5.41, 5.74) is 2.38. The highest BCUT2D eigenvalue weighted by Gasteiger charge is 2.36. The number of hydrogen-bond donors (Lipinski definition) is 0. The molecule has 31 heavy (non-hydrogen) atoms. The number of rotatable bonds is 4. The Morgan fingerprint density at radius 2 is 1.97 bits per heavy atom. The average molecular weight is 441 g/mol. The van der Waals surface area contributed by atoms with Gasteiger partial charge >= 0.3 is 0 Å². The zero-order valence-electron chi connectivity index (χ0n) is 17.9. The van der Waals surface area contributed by atoms with Crippen LogP contribution in [0.2, 0.25) is 0 Å². The molecule has 0 unspecified atom stereocenters. The molecule has 3 aliphatic rings. The zero-order valence-corrected chi connectivity index (χ0v) is 18.7. The highest BCUT2D eigenvalue weighted by molar-refractivity contribution is 7.03. The van der Waals surface area contributed by atoms with Gasteiger partial charge in [-0.1, -0.05) is 23.8 Å². The molecule has 8 nitrogen and oxygen atoms in total. The Labute approximate surface area is 186 Å². The summed E-state index contributed by atoms with van der Waals surface area (Å²) in [6, 6.07) is -0.188. The Morgan fingerprint density at radius 1 is 1.13 bits per heavy atom. The number of carbonyl (C=O) groups excluding carboxylic acids is 2. The predicted molar refractivity (Wildman–Crippen MR) is 117 cm³/mol. The Morgan fingerprint density at radius 3 is 2.74 bits per heavy atom. The van der Waals surface area contributed by atoms with E-state index < -0.39 is 0 Å². The average Bonchev–Trinajstić information content (AvgIpc) is 3.48. The molecule has 0 spiro atoms. The minimum absolute atomic E-state index is 0.120. The van der Waals surface area contributed by atoms with E-state index in [2.05, 4.69) is 9.59 Å². The summed E-state index contributed by atoms with van der Waals surface area (Å²) in [5, 5.41) is 5.63. The minimum Gasteiger partial charge on any atom is -0.327 e. The highest BCUT2D eigenvalue weighted by Crippen LogP contribution is 2.36. The summed E-state index contributed by atoms with van der Waals surface area (Å²) < 4.78 is 3.83. The van der Waals surface area contributed by atoms with E-state index in [1.807, 2.05) is 16.7 Å². The molecule has 1 atom stereocenters. The summed E-state index contributed by atoms with van der Waals surface area (Å²) in [6.45, 7) is 3.41. The van der Waals surface area contributed by atoms with Crippen molar-refractivity contribution >= 4 is 29.2 Å². The van der Waals surface area contributed by atoms with Gasteiger partial charge in [-0.25, -0.2) is 9.97 Å². The second-order valence-electron chi connectivity index (χ2n) is 8.92. The molecule has 1 saturated heterocycles. The first-order valence-corrected chi connectivity index (χ1v) is 12.2. The van der Waals surface area contributed by atoms with Crippen molar-refractivity contribution in [2.45, 2.75) is 70.8 Å². The molecule has 0 aromatic carbocycles. The third-order valence-corrected chi connectivity index (χ3v) is 7.42. The Kier molecular flexibility index (Phi) is 5.69. The number of carbonyl (C=O) groups is 2. The Balaban J connectivity index is 1.46. The molecule has 2 aliphatic heterocycles. The van der Waals surface area contributed by atoms with Crippen LogP contribution in [-0.4, -0.2) is 49.4 Å². The van der Waals surface area contributed by atoms with E-state index in [0.717, 1.165) is 36.5 Å². The van der Waals surface area contributed by atoms with Gasteiger partial charge in [0.05, 0.1) is 6.04 Å². The molecule has 5 rings (SSSR count). The van der Waals surface area contributed by atoms with Crippen LogP contribution < -0.4 is 4.90 Å². The van der Waals surface area contributed by atoms with Gasteiger partial charge in [0, 0.05) is 36.1 Å². The Bertz CT molecular complexity index is 973. The summed E-state index contributed by atoms with van der Waals surface area (Å²) in [7, 11) is 0. The topological polar surface area (TPSA) is 92.2 Å². The van der Waals surface area contributed by atoms with E-state index in [4.69, 9.17) is 9.97 Å². The van der Waals surface area contributed by atoms with Crippen molar-refractivity contribution in [3.05, 3.63) is 28.2 Å². The number of likely N-dealkylation sites (tertiary alicyclic amines) is 1. The predicted octanol–water partition coefficient (Wildman–Crippen LogP) is 3.47. The number of aromatic nitrogens is 4. The Hall–Kier alpha value is -2.42. The second-order valence-corrected chi connectivity index (χ2v) is 9.53. The number of fused-ring (bicyclic) bond motifs is 1. The highest BCUT2D eigenvalue weighted by atomic mass is 32.1. The van der Waals surface area contributed by atoms with Crippen molar-refractivity contribution < 1.29 is 9.59 Å². The maximum absolute atomic E-state index is 13.0. The monoisotopic (exact) mass is 440 g/mol. The van der Waals surface area contributed by atoms with E-state index in [1.165, 1.54) is 43.6 Å². The molecule has 0 N–H and O–H groups in total. The van der Waals surface area contributed by atoms with Gasteiger partial charge in [0.25, 0.3) is 5.91 Å². The molecule has 1 aliphatic carbocycles. The quantitative estimate of drug-likeness (QED) is 0.723. The van der Waals surface area contributed by atoms with Crippen LogP contribution in [0.3, 0.4) is 0 Å². The van der Waals surface area contributed by atoms with E-state index in [9.17, 15) is 9.59 Å². The molecule has 164 valence electrons. The van der Waals surface area contributed by atoms with Gasteiger partial charge < -0.3 is 4.90 Å². The fraction of sp³-hybridized carbons (Fsp3) is 0.636. The lowest BCUT2D eigenvalue weighted by Gasteiger charge is -2.34. The summed E-state index contributed by atoms with van der Waals surface area (Å²) in [6.07, 6.45) is 9.10. The lowest BCUT2D eigenvalue weighted by atomic mass is 9.88. The van der Waals surface area contributed by atoms with E-state index in [1.54, 1.807) is 5.38 Å². The molecule has 2 amide bonds. The third kappa shape index (κ3) is 3.95. The number of nitrogens with zero attached hydrogens (tertiary/aromatic N) is 6. The van der Waals surface area contributed by atoms with Crippen molar-refractivity contribution in [3.8, 4) is 0 Å². The van der Waals surface area contributed by atoms with Gasteiger partial charge in [-0.05, 0) is 56.5 Å². The first kappa shape index (κ1) is 20.5. The van der Waals surface area contributed by atoms with Gasteiger partial charge in [0.15, 0.2) is 11.5 Å². The molecule has 0 bridgehead atoms. The second kappa shape index (κ2) is 8.61. The standard InChI is InChI=1S/C22H28N6O2S/c1-14-16-9-10-19(29)28(12-15-6-3-2-4-7-15)21(16)24-20(23-14)18-8-5-11-27(18)22(30)17-13-31-26-25-17/h13,15,18H,2-12H2,1H3/t18-/m0/s1. The van der Waals surface area contributed by atoms with E-state index in [0.29, 0.717) is 36.8 Å². The van der Waals surface area contributed by atoms with Gasteiger partial charge in [-0.3, -0.25) is 14.5 Å². The number of anilines is 1. The van der Waals surface area contributed by atoms with Crippen molar-refractivity contribution in [2.24, 2.45) is 5.92 Å². The van der Waals surface area contributed by atoms with Gasteiger partial charge in [0.1, 0.15) is 5.82 Å². The van der Waals surface area contributed by atoms with Crippen LogP contribution in [0.15, 0.2) is 5.38 Å². The SMILES string of the molecule is Cc1nc([C@@H]2CCCN2C(=O)c2csnn2)nc2c1CCC(=O)N2CC1CCCCC1. The van der Waals surface area contributed by atoms with Crippen LogP contribution in [0.4, 0.5) is 5.82 Å². The minimum atomic E-state index is -0.188. The largest absolute Gasteiger partial charge is 0.327 e. The molecule has 4 heterocycles. The van der Waals surface area contributed by atoms with Crippen molar-refractivity contribution in [3.63, 3.8) is 0 Å². The first-order valence-electron chi connectivity index (χ1n) is 11.4. The van der Waals surface area contributed by atoms with E-state index in [-0.39, 0.29) is 17.9 Å². The molecule has 2 aromatic heterocycles. The fourth-order valence-corrected chi connectivity index (χ4v) is 5.68. The van der Waals surface area contributed by atoms with E-state index >= 15 is 0 Å². The smallest absolute Gasteiger partial charge is 0.275 e. The molecular formula is C22H28N6O2S. The van der Waals surface area contributed by atoms with Crippen molar-refractivity contribution in [2.75, 3.05) is 18.0 Å². The van der Waals surface area contributed by atoms with Gasteiger partial charge in [-0.2, -0.15) is 0 Å². The lowest BCUT2D eigenvalue weighted by Crippen LogP contribution is -2.41. The molecule has 2 fully saturated rings. The van der Waals surface area contributed by atoms with Crippen LogP contribution >= 0.6 is 11.5 Å². The van der Waals surface area contributed by atoms with Crippen LogP contribution in [-0.2, 0) is 11.2 Å². The van der Waals surface area contributed by atoms with Crippen LogP contribution in [0, 0.1) is 12.8 Å². The molecule has 2 aromatic rings. The normalized spacial score (nSPS) is 22.1. The molecule has 9 heteroatoms. The number of hydrogen-bond acceptors (Lipinski definition) is 7. The summed E-state index contributed by atoms with van der Waals surface area (Å²) >= 11 is 1.18. The van der Waals surface area contributed by atoms with Crippen molar-refractivity contribution in [1.29, 1.82) is 0 Å². The molecule has 0 radical (unpaired) electrons. The number of amides is 2. The van der Waals surface area contributed by atoms with Crippen LogP contribution in [0.5, 0.6) is 0 Å². The number of aryl methyl sites for hydroxylation is 1. The molecule has 1 saturated carbocycles.